The minimum absolute atomic E-state index is 0. The number of aromatic nitrogens is 4. The average molecular weight is 1130 g/mol. The summed E-state index contributed by atoms with van der Waals surface area (Å²) in [6.45, 7) is 6.34. The fraction of sp³-hybridized carbons (Fsp3) is 0.0625. The third-order valence-corrected chi connectivity index (χ3v) is 13.5. The van der Waals surface area contributed by atoms with Crippen LogP contribution in [0.2, 0.25) is 0 Å². The molecule has 73 heavy (non-hydrogen) atoms. The first-order chi connectivity index (χ1) is 39.5. The summed E-state index contributed by atoms with van der Waals surface area (Å²) >= 11 is 0. The Hall–Kier alpha value is -8.45. The van der Waals surface area contributed by atoms with Gasteiger partial charge in [-0.2, -0.15) is 18.2 Å². The van der Waals surface area contributed by atoms with Crippen LogP contribution in [0.1, 0.15) is 40.0 Å². The summed E-state index contributed by atoms with van der Waals surface area (Å²) in [4.78, 5) is 4.98. The number of pyridine rings is 1. The molecule has 0 amide bonds. The normalized spacial score (nSPS) is 14.3. The van der Waals surface area contributed by atoms with Gasteiger partial charge in [-0.05, 0) is 79.5 Å². The van der Waals surface area contributed by atoms with Crippen LogP contribution in [0.3, 0.4) is 0 Å². The molecule has 0 spiro atoms. The van der Waals surface area contributed by atoms with E-state index in [1.807, 2.05) is 91.1 Å². The number of imidazole rings is 1. The van der Waals surface area contributed by atoms with Gasteiger partial charge in [0.2, 0.25) is 0 Å². The molecule has 12 aromatic rings. The zero-order valence-electron chi connectivity index (χ0n) is 49.3. The van der Waals surface area contributed by atoms with E-state index in [1.54, 1.807) is 39.5 Å². The second-order valence-electron chi connectivity index (χ2n) is 18.8. The van der Waals surface area contributed by atoms with Crippen molar-refractivity contribution in [3.8, 4) is 73.9 Å². The molecule has 0 saturated heterocycles. The maximum Gasteiger partial charge on any atom is 0.268 e. The minimum Gasteiger partial charge on any atom is -0.510 e. The maximum absolute atomic E-state index is 9.08. The van der Waals surface area contributed by atoms with E-state index in [2.05, 4.69) is 68.1 Å². The van der Waals surface area contributed by atoms with Gasteiger partial charge in [-0.15, -0.1) is 24.3 Å². The second kappa shape index (κ2) is 17.4. The summed E-state index contributed by atoms with van der Waals surface area (Å²) in [5, 5.41) is 1.71. The van der Waals surface area contributed by atoms with Crippen molar-refractivity contribution in [1.29, 1.82) is 0 Å². The van der Waals surface area contributed by atoms with Gasteiger partial charge in [0, 0.05) is 55.8 Å². The summed E-state index contributed by atoms with van der Waals surface area (Å²) in [6, 6.07) is 45.4. The van der Waals surface area contributed by atoms with Gasteiger partial charge in [-0.1, -0.05) is 171 Å². The number of nitrogens with zero attached hydrogens (tertiary/aromatic N) is 4. The van der Waals surface area contributed by atoms with Gasteiger partial charge in [0.05, 0.1) is 30.4 Å². The predicted octanol–water partition coefficient (Wildman–Crippen LogP) is 12.9. The van der Waals surface area contributed by atoms with E-state index in [0.717, 1.165) is 49.7 Å². The van der Waals surface area contributed by atoms with Crippen molar-refractivity contribution >= 4 is 55.9 Å². The number of rotatable bonds is 7. The Morgan fingerprint density at radius 1 is 0.644 bits per heavy atom. The van der Waals surface area contributed by atoms with E-state index < -0.39 is 60.4 Å². The van der Waals surface area contributed by atoms with Crippen LogP contribution in [0, 0.1) is 18.5 Å². The van der Waals surface area contributed by atoms with E-state index in [0.29, 0.717) is 51.1 Å². The molecule has 0 bridgehead atoms. The van der Waals surface area contributed by atoms with Crippen molar-refractivity contribution in [3.05, 3.63) is 230 Å². The van der Waals surface area contributed by atoms with Gasteiger partial charge >= 0.3 is 0 Å². The van der Waals surface area contributed by atoms with E-state index in [-0.39, 0.29) is 61.1 Å². The number of ether oxygens (including phenoxy) is 3. The molecule has 0 unspecified atom stereocenters. The number of para-hydroxylation sites is 5. The molecule has 0 radical (unpaired) electrons. The molecule has 0 saturated carbocycles. The van der Waals surface area contributed by atoms with Crippen molar-refractivity contribution in [2.45, 2.75) is 26.2 Å². The third kappa shape index (κ3) is 7.31. The molecule has 5 heterocycles. The van der Waals surface area contributed by atoms with E-state index in [4.69, 9.17) is 32.9 Å². The van der Waals surface area contributed by atoms with Gasteiger partial charge in [0.25, 0.3) is 13.0 Å². The molecule has 0 N–H and O–H groups in total. The Morgan fingerprint density at radius 3 is 2.03 bits per heavy atom. The Kier molecular flexibility index (Phi) is 8.30. The topological polar surface area (TPSA) is 54.3 Å². The van der Waals surface area contributed by atoms with Crippen molar-refractivity contribution in [3.63, 3.8) is 0 Å². The Bertz CT molecular complexity index is 4620. The van der Waals surface area contributed by atoms with Crippen molar-refractivity contribution in [2.24, 2.45) is 0 Å². The minimum atomic E-state index is -0.581. The molecule has 9 aromatic carbocycles. The Labute approximate surface area is 451 Å². The van der Waals surface area contributed by atoms with Gasteiger partial charge in [0.1, 0.15) is 28.8 Å². The smallest absolute Gasteiger partial charge is 0.268 e. The molecule has 2 aliphatic rings. The summed E-state index contributed by atoms with van der Waals surface area (Å²) in [5.74, 6) is 4.25. The molecule has 2 aliphatic heterocycles. The Balaban J connectivity index is 0.00000645. The number of fused-ring (bicyclic) bond motifs is 9. The van der Waals surface area contributed by atoms with Crippen molar-refractivity contribution in [2.75, 3.05) is 0 Å². The third-order valence-electron chi connectivity index (χ3n) is 13.5. The first-order valence-corrected chi connectivity index (χ1v) is 23.5. The molecular weight excluding hydrogens is 1080 g/mol. The van der Waals surface area contributed by atoms with Gasteiger partial charge in [0.15, 0.2) is 0 Å². The zero-order valence-corrected chi connectivity index (χ0v) is 41.5. The number of hydrogen-bond donors (Lipinski definition) is 0. The molecule has 14 rings (SSSR count). The van der Waals surface area contributed by atoms with E-state index in [9.17, 15) is 0 Å². The zero-order chi connectivity index (χ0) is 56.8. The van der Waals surface area contributed by atoms with E-state index >= 15 is 0 Å². The Morgan fingerprint density at radius 2 is 1.30 bits per heavy atom. The summed E-state index contributed by atoms with van der Waals surface area (Å²) in [6.07, 6.45) is 5.25. The van der Waals surface area contributed by atoms with Crippen molar-refractivity contribution in [1.82, 2.24) is 14.1 Å². The molecule has 0 fully saturated rings. The molecule has 0 aliphatic carbocycles. The predicted molar refractivity (Wildman–Crippen MR) is 287 cm³/mol. The quantitative estimate of drug-likeness (QED) is 0.0907. The second-order valence-corrected chi connectivity index (χ2v) is 18.8. The van der Waals surface area contributed by atoms with Crippen LogP contribution in [0.25, 0.3) is 72.3 Å². The first-order valence-electron chi connectivity index (χ1n) is 28.5. The summed E-state index contributed by atoms with van der Waals surface area (Å²) < 4.78 is 114. The monoisotopic (exact) mass is 1130 g/mol. The van der Waals surface area contributed by atoms with Crippen LogP contribution in [-0.2, 0) is 26.5 Å². The maximum atomic E-state index is 9.08. The molecule has 7 nitrogen and oxygen atoms in total. The van der Waals surface area contributed by atoms with Crippen molar-refractivity contribution < 1.29 is 53.6 Å². The van der Waals surface area contributed by atoms with Gasteiger partial charge in [-0.3, -0.25) is 4.57 Å². The van der Waals surface area contributed by atoms with Crippen LogP contribution in [0.15, 0.2) is 206 Å². The molecule has 9 heteroatoms. The van der Waals surface area contributed by atoms with Crippen LogP contribution >= 0.6 is 0 Å². The van der Waals surface area contributed by atoms with Gasteiger partial charge < -0.3 is 23.3 Å². The average Bonchev–Trinajstić information content (AvgIpc) is 1.83. The first kappa shape index (κ1) is 34.8. The van der Waals surface area contributed by atoms with Gasteiger partial charge in [-0.25, -0.2) is 4.98 Å². The van der Waals surface area contributed by atoms with Crippen LogP contribution in [-0.4, -0.2) is 20.8 Å². The summed E-state index contributed by atoms with van der Waals surface area (Å²) in [5.41, 5.74) is 7.07. The number of benzene rings is 9. The standard InChI is InChI=1S/C64H43BN4O3.Pt/c1-64(2,3)43-34-35-66-59(36-43)69-54-38-46(32-33-49(54)60-55(69)39-58-61-63(60)72-57-31-15-11-27-51(57)65(61)50-26-10-14-30-56(50)71-58)70-45-23-16-22-44(37-45)67-40-68(53-29-13-12-28-52(53)67)62-47(41-18-6-4-7-19-41)24-17-25-48(62)42-20-8-5-9-21-42;/h4-36,39H,1-3H3;/q-2;/i4D,5D,6D,7D,8D,9D,18D,19D,20D,21D;. The number of hydrogen-bond acceptors (Lipinski definition) is 4. The van der Waals surface area contributed by atoms with Crippen LogP contribution in [0.5, 0.6) is 34.5 Å². The molecule has 0 atom stereocenters. The summed E-state index contributed by atoms with van der Waals surface area (Å²) in [7, 11) is 0. The molecular formula is C64H43BN4O3Pt-2. The molecule has 352 valence electrons. The van der Waals surface area contributed by atoms with Crippen LogP contribution in [0.4, 0.5) is 0 Å². The van der Waals surface area contributed by atoms with Crippen LogP contribution < -0.4 is 35.2 Å². The SMILES string of the molecule is [2H]c1c([2H])c([2H])c(-c2cccc(-c3c([2H])c([2H])c([2H])c([2H])c3[2H])c2-[n+]2[c-]n(-c3[c-]c(Oc4[c-]c5c(cc4)c4c6c7c(cc4n5-c4cc(C(C)(C)C)ccn4)Oc4ccccc4B7c4ccccc4O6)ccc3)c3ccccc32)c([2H])c1[2H].[Pt]. The fourth-order valence-corrected chi connectivity index (χ4v) is 10.2. The van der Waals surface area contributed by atoms with E-state index in [1.165, 1.54) is 0 Å². The molecule has 3 aromatic heterocycles. The fourth-order valence-electron chi connectivity index (χ4n) is 10.2. The largest absolute Gasteiger partial charge is 0.510 e.